The van der Waals surface area contributed by atoms with E-state index in [-0.39, 0.29) is 23.0 Å². The van der Waals surface area contributed by atoms with E-state index in [0.717, 1.165) is 0 Å². The highest BCUT2D eigenvalue weighted by Crippen LogP contribution is 2.27. The molecule has 0 spiro atoms. The molecule has 1 heterocycles. The molecule has 0 saturated carbocycles. The molecule has 8 heteroatoms. The third-order valence-corrected chi connectivity index (χ3v) is 3.44. The van der Waals surface area contributed by atoms with E-state index in [4.69, 9.17) is 16.3 Å². The highest BCUT2D eigenvalue weighted by molar-refractivity contribution is 6.30. The van der Waals surface area contributed by atoms with Crippen molar-refractivity contribution < 1.29 is 19.6 Å². The van der Waals surface area contributed by atoms with E-state index in [2.05, 4.69) is 4.99 Å². The van der Waals surface area contributed by atoms with Crippen LogP contribution in [0.25, 0.3) is 6.08 Å². The topological polar surface area (TPSA) is 102 Å². The summed E-state index contributed by atoms with van der Waals surface area (Å²) in [4.78, 5) is 26.2. The third kappa shape index (κ3) is 3.11. The first-order valence-electron chi connectivity index (χ1n) is 6.70. The van der Waals surface area contributed by atoms with Crippen molar-refractivity contribution in [1.29, 1.82) is 0 Å². The summed E-state index contributed by atoms with van der Waals surface area (Å²) in [5.74, 6) is -0.842. The molecule has 120 valence electrons. The van der Waals surface area contributed by atoms with Gasteiger partial charge >= 0.3 is 5.97 Å². The van der Waals surface area contributed by atoms with Gasteiger partial charge in [-0.05, 0) is 30.3 Å². The number of halogens is 1. The quantitative estimate of drug-likeness (QED) is 0.398. The number of cyclic esters (lactones) is 1. The number of aromatic hydroxyl groups is 1. The van der Waals surface area contributed by atoms with Crippen molar-refractivity contribution >= 4 is 35.2 Å². The summed E-state index contributed by atoms with van der Waals surface area (Å²) in [6, 6.07) is 9.95. The Morgan fingerprint density at radius 2 is 2.04 bits per heavy atom. The van der Waals surface area contributed by atoms with E-state index in [1.165, 1.54) is 42.5 Å². The zero-order valence-corrected chi connectivity index (χ0v) is 12.7. The zero-order chi connectivity index (χ0) is 17.3. The van der Waals surface area contributed by atoms with Gasteiger partial charge < -0.3 is 9.84 Å². The van der Waals surface area contributed by atoms with Crippen LogP contribution in [-0.2, 0) is 9.53 Å². The number of rotatable bonds is 3. The van der Waals surface area contributed by atoms with E-state index in [1.54, 1.807) is 6.07 Å². The van der Waals surface area contributed by atoms with Gasteiger partial charge in [0.25, 0.3) is 5.69 Å². The molecule has 0 unspecified atom stereocenters. The van der Waals surface area contributed by atoms with Gasteiger partial charge in [-0.3, -0.25) is 10.1 Å². The molecule has 0 saturated heterocycles. The van der Waals surface area contributed by atoms with Crippen LogP contribution >= 0.6 is 11.6 Å². The van der Waals surface area contributed by atoms with Crippen molar-refractivity contribution in [2.75, 3.05) is 0 Å². The predicted molar refractivity (Wildman–Crippen MR) is 86.8 cm³/mol. The van der Waals surface area contributed by atoms with Crippen LogP contribution in [0.5, 0.6) is 5.75 Å². The SMILES string of the molecule is O=C1OC(c2cccc([N+](=O)[O-])c2)=N/C1=C\c1cc(Cl)ccc1O. The number of carbonyl (C=O) groups is 1. The maximum Gasteiger partial charge on any atom is 0.363 e. The second-order valence-electron chi connectivity index (χ2n) is 4.85. The maximum absolute atomic E-state index is 11.9. The van der Waals surface area contributed by atoms with Crippen LogP contribution in [0.4, 0.5) is 5.69 Å². The van der Waals surface area contributed by atoms with Gasteiger partial charge in [-0.15, -0.1) is 0 Å². The minimum Gasteiger partial charge on any atom is -0.507 e. The molecule has 0 radical (unpaired) electrons. The van der Waals surface area contributed by atoms with Crippen molar-refractivity contribution in [2.45, 2.75) is 0 Å². The van der Waals surface area contributed by atoms with E-state index in [0.29, 0.717) is 16.1 Å². The third-order valence-electron chi connectivity index (χ3n) is 3.21. The highest BCUT2D eigenvalue weighted by Gasteiger charge is 2.25. The summed E-state index contributed by atoms with van der Waals surface area (Å²) in [5.41, 5.74) is 0.417. The molecule has 3 rings (SSSR count). The Morgan fingerprint density at radius 1 is 1.25 bits per heavy atom. The van der Waals surface area contributed by atoms with Crippen molar-refractivity contribution in [1.82, 2.24) is 0 Å². The van der Waals surface area contributed by atoms with Gasteiger partial charge in [0, 0.05) is 28.3 Å². The number of esters is 1. The smallest absolute Gasteiger partial charge is 0.363 e. The van der Waals surface area contributed by atoms with Gasteiger partial charge in [0.05, 0.1) is 4.92 Å². The zero-order valence-electron chi connectivity index (χ0n) is 12.0. The normalized spacial score (nSPS) is 15.3. The number of nitrogens with zero attached hydrogens (tertiary/aromatic N) is 2. The summed E-state index contributed by atoms with van der Waals surface area (Å²) in [7, 11) is 0. The summed E-state index contributed by atoms with van der Waals surface area (Å²) >= 11 is 5.85. The molecule has 1 N–H and O–H groups in total. The largest absolute Gasteiger partial charge is 0.507 e. The number of non-ortho nitro benzene ring substituents is 1. The number of hydrogen-bond acceptors (Lipinski definition) is 6. The Morgan fingerprint density at radius 3 is 2.79 bits per heavy atom. The van der Waals surface area contributed by atoms with Gasteiger partial charge in [0.1, 0.15) is 5.75 Å². The Kier molecular flexibility index (Phi) is 4.01. The van der Waals surface area contributed by atoms with Crippen LogP contribution in [-0.4, -0.2) is 21.9 Å². The fourth-order valence-electron chi connectivity index (χ4n) is 2.07. The molecule has 0 fully saturated rings. The Hall–Kier alpha value is -3.19. The molecular weight excluding hydrogens is 336 g/mol. The lowest BCUT2D eigenvalue weighted by molar-refractivity contribution is -0.384. The van der Waals surface area contributed by atoms with Crippen LogP contribution in [0.2, 0.25) is 5.02 Å². The number of phenolic OH excluding ortho intramolecular Hbond substituents is 1. The van der Waals surface area contributed by atoms with E-state index >= 15 is 0 Å². The van der Waals surface area contributed by atoms with Crippen LogP contribution in [0.15, 0.2) is 53.2 Å². The molecule has 0 aromatic heterocycles. The minimum absolute atomic E-state index is 0.0449. The number of aliphatic imine (C=N–C) groups is 1. The number of carbonyl (C=O) groups excluding carboxylic acids is 1. The Balaban J connectivity index is 1.99. The molecule has 0 bridgehead atoms. The van der Waals surface area contributed by atoms with E-state index in [9.17, 15) is 20.0 Å². The van der Waals surface area contributed by atoms with Crippen LogP contribution in [0.1, 0.15) is 11.1 Å². The summed E-state index contributed by atoms with van der Waals surface area (Å²) < 4.78 is 5.04. The first-order chi connectivity index (χ1) is 11.4. The summed E-state index contributed by atoms with van der Waals surface area (Å²) in [6.45, 7) is 0. The van der Waals surface area contributed by atoms with Gasteiger partial charge in [0.2, 0.25) is 5.90 Å². The maximum atomic E-state index is 11.9. The molecule has 24 heavy (non-hydrogen) atoms. The van der Waals surface area contributed by atoms with Crippen LogP contribution < -0.4 is 0 Å². The average Bonchev–Trinajstić information content (AvgIpc) is 2.92. The molecule has 1 aliphatic heterocycles. The van der Waals surface area contributed by atoms with Gasteiger partial charge in [-0.25, -0.2) is 9.79 Å². The second kappa shape index (κ2) is 6.13. The van der Waals surface area contributed by atoms with Gasteiger partial charge in [-0.1, -0.05) is 17.7 Å². The lowest BCUT2D eigenvalue weighted by Gasteiger charge is -1.99. The number of benzene rings is 2. The number of nitro benzene ring substituents is 1. The fraction of sp³-hybridized carbons (Fsp3) is 0. The standard InChI is InChI=1S/C16H9ClN2O5/c17-11-4-5-14(20)10(6-11)8-13-16(21)24-15(18-13)9-2-1-3-12(7-9)19(22)23/h1-8,20H/b13-8-. The molecule has 0 atom stereocenters. The number of phenols is 1. The first-order valence-corrected chi connectivity index (χ1v) is 7.08. The lowest BCUT2D eigenvalue weighted by Crippen LogP contribution is -2.05. The van der Waals surface area contributed by atoms with Crippen molar-refractivity contribution in [2.24, 2.45) is 4.99 Å². The molecular formula is C16H9ClN2O5. The molecule has 0 aliphatic carbocycles. The second-order valence-corrected chi connectivity index (χ2v) is 5.28. The van der Waals surface area contributed by atoms with Crippen molar-refractivity contribution in [3.8, 4) is 5.75 Å². The Labute approximate surface area is 140 Å². The molecule has 1 aliphatic rings. The number of nitro groups is 1. The van der Waals surface area contributed by atoms with Crippen LogP contribution in [0, 0.1) is 10.1 Å². The Bertz CT molecular complexity index is 920. The van der Waals surface area contributed by atoms with Crippen molar-refractivity contribution in [3.63, 3.8) is 0 Å². The van der Waals surface area contributed by atoms with Gasteiger partial charge in [-0.2, -0.15) is 0 Å². The first kappa shape index (κ1) is 15.7. The van der Waals surface area contributed by atoms with E-state index in [1.807, 2.05) is 0 Å². The average molecular weight is 345 g/mol. The summed E-state index contributed by atoms with van der Waals surface area (Å²) in [5, 5.41) is 21.0. The van der Waals surface area contributed by atoms with Crippen LogP contribution in [0.3, 0.4) is 0 Å². The molecule has 7 nitrogen and oxygen atoms in total. The minimum atomic E-state index is -0.726. The predicted octanol–water partition coefficient (Wildman–Crippen LogP) is 3.30. The lowest BCUT2D eigenvalue weighted by atomic mass is 10.1. The molecule has 2 aromatic carbocycles. The molecule has 2 aromatic rings. The fourth-order valence-corrected chi connectivity index (χ4v) is 2.25. The van der Waals surface area contributed by atoms with E-state index < -0.39 is 10.9 Å². The monoisotopic (exact) mass is 344 g/mol. The number of hydrogen-bond donors (Lipinski definition) is 1. The number of ether oxygens (including phenoxy) is 1. The molecule has 0 amide bonds. The highest BCUT2D eigenvalue weighted by atomic mass is 35.5. The summed E-state index contributed by atoms with van der Waals surface area (Å²) in [6.07, 6.45) is 1.33. The van der Waals surface area contributed by atoms with Gasteiger partial charge in [0.15, 0.2) is 5.70 Å². The van der Waals surface area contributed by atoms with Crippen molar-refractivity contribution in [3.05, 3.63) is 74.4 Å².